The van der Waals surface area contributed by atoms with Crippen molar-refractivity contribution in [1.29, 1.82) is 0 Å². The first-order valence-electron chi connectivity index (χ1n) is 4.66. The molecule has 0 aromatic carbocycles. The zero-order chi connectivity index (χ0) is 8.97. The van der Waals surface area contributed by atoms with Crippen molar-refractivity contribution in [1.82, 2.24) is 4.90 Å². The van der Waals surface area contributed by atoms with Crippen LogP contribution in [0, 0.1) is 0 Å². The van der Waals surface area contributed by atoms with Crippen LogP contribution in [0.4, 0.5) is 0 Å². The Morgan fingerprint density at radius 2 is 2.17 bits per heavy atom. The van der Waals surface area contributed by atoms with E-state index < -0.39 is 0 Å². The summed E-state index contributed by atoms with van der Waals surface area (Å²) >= 11 is 1.80. The van der Waals surface area contributed by atoms with Crippen LogP contribution in [-0.4, -0.2) is 35.9 Å². The highest BCUT2D eigenvalue weighted by atomic mass is 32.2. The lowest BCUT2D eigenvalue weighted by Gasteiger charge is -2.31. The summed E-state index contributed by atoms with van der Waals surface area (Å²) in [5.74, 6) is 0. The first-order valence-corrected chi connectivity index (χ1v) is 5.94. The van der Waals surface area contributed by atoms with E-state index >= 15 is 0 Å². The van der Waals surface area contributed by atoms with Crippen molar-refractivity contribution in [2.45, 2.75) is 38.3 Å². The van der Waals surface area contributed by atoms with Gasteiger partial charge in [-0.25, -0.2) is 0 Å². The molecule has 3 heteroatoms. The summed E-state index contributed by atoms with van der Waals surface area (Å²) in [5, 5.41) is 0. The van der Waals surface area contributed by atoms with Crippen molar-refractivity contribution in [2.75, 3.05) is 19.4 Å². The summed E-state index contributed by atoms with van der Waals surface area (Å²) in [4.78, 5) is 2.43. The van der Waals surface area contributed by atoms with Gasteiger partial charge in [-0.1, -0.05) is 0 Å². The number of hydrogen-bond acceptors (Lipinski definition) is 3. The molecular weight excluding hydrogens is 170 g/mol. The van der Waals surface area contributed by atoms with Gasteiger partial charge in [0, 0.05) is 19.2 Å². The van der Waals surface area contributed by atoms with Crippen LogP contribution in [0.25, 0.3) is 0 Å². The Labute approximate surface area is 79.6 Å². The Balaban J connectivity index is 2.51. The molecule has 1 fully saturated rings. The summed E-state index contributed by atoms with van der Waals surface area (Å²) in [6.07, 6.45) is 4.60. The van der Waals surface area contributed by atoms with E-state index in [1.165, 1.54) is 19.4 Å². The third kappa shape index (κ3) is 2.64. The zero-order valence-corrected chi connectivity index (χ0v) is 9.06. The van der Waals surface area contributed by atoms with E-state index in [9.17, 15) is 0 Å². The lowest BCUT2D eigenvalue weighted by atomic mass is 10.3. The number of thioether (sulfide) groups is 1. The largest absolute Gasteiger partial charge is 0.354 e. The molecule has 1 rings (SSSR count). The number of rotatable bonds is 2. The molecule has 1 atom stereocenters. The monoisotopic (exact) mass is 189 g/mol. The van der Waals surface area contributed by atoms with Crippen molar-refractivity contribution in [2.24, 2.45) is 0 Å². The molecule has 1 aliphatic rings. The van der Waals surface area contributed by atoms with Gasteiger partial charge in [-0.3, -0.25) is 4.90 Å². The Morgan fingerprint density at radius 3 is 2.75 bits per heavy atom. The Kier molecular flexibility index (Phi) is 4.40. The van der Waals surface area contributed by atoms with E-state index in [1.54, 1.807) is 11.8 Å². The molecule has 0 bridgehead atoms. The predicted octanol–water partition coefficient (Wildman–Crippen LogP) is 2.15. The van der Waals surface area contributed by atoms with Crippen LogP contribution in [0.5, 0.6) is 0 Å². The van der Waals surface area contributed by atoms with Gasteiger partial charge < -0.3 is 4.74 Å². The number of ether oxygens (including phenoxy) is 1. The van der Waals surface area contributed by atoms with Gasteiger partial charge in [0.25, 0.3) is 0 Å². The molecule has 1 unspecified atom stereocenters. The molecule has 72 valence electrons. The van der Waals surface area contributed by atoms with Gasteiger partial charge in [-0.15, -0.1) is 11.8 Å². The maximum Gasteiger partial charge on any atom is 0.158 e. The lowest BCUT2D eigenvalue weighted by Crippen LogP contribution is -2.39. The van der Waals surface area contributed by atoms with Crippen LogP contribution in [0.2, 0.25) is 0 Å². The minimum absolute atomic E-state index is 0.285. The first-order chi connectivity index (χ1) is 5.75. The fourth-order valence-corrected chi connectivity index (χ4v) is 2.34. The summed E-state index contributed by atoms with van der Waals surface area (Å²) < 4.78 is 5.71. The molecule has 1 saturated heterocycles. The molecule has 0 aromatic rings. The maximum atomic E-state index is 5.71. The van der Waals surface area contributed by atoms with Crippen molar-refractivity contribution in [3.05, 3.63) is 0 Å². The number of nitrogens with zero attached hydrogens (tertiary/aromatic N) is 1. The van der Waals surface area contributed by atoms with Crippen LogP contribution in [0.3, 0.4) is 0 Å². The molecule has 1 heterocycles. The van der Waals surface area contributed by atoms with Gasteiger partial charge in [-0.2, -0.15) is 0 Å². The summed E-state index contributed by atoms with van der Waals surface area (Å²) in [7, 11) is 0. The maximum absolute atomic E-state index is 5.71. The quantitative estimate of drug-likeness (QED) is 0.660. The van der Waals surface area contributed by atoms with Gasteiger partial charge in [0.05, 0.1) is 0 Å². The van der Waals surface area contributed by atoms with E-state index in [-0.39, 0.29) is 5.56 Å². The predicted molar refractivity (Wildman–Crippen MR) is 54.3 cm³/mol. The van der Waals surface area contributed by atoms with Crippen molar-refractivity contribution >= 4 is 11.8 Å². The standard InChI is InChI=1S/C9H19NOS/c1-8(2)10-6-4-5-7-11-9(10)12-3/h8-9H,4-7H2,1-3H3. The molecular formula is C9H19NOS. The SMILES string of the molecule is CSC1OCCCCN1C(C)C. The van der Waals surface area contributed by atoms with Crippen molar-refractivity contribution in [3.63, 3.8) is 0 Å². The van der Waals surface area contributed by atoms with Crippen molar-refractivity contribution in [3.8, 4) is 0 Å². The Hall–Kier alpha value is 0.270. The van der Waals surface area contributed by atoms with Crippen LogP contribution in [-0.2, 0) is 4.74 Å². The highest BCUT2D eigenvalue weighted by Gasteiger charge is 2.22. The van der Waals surface area contributed by atoms with Crippen LogP contribution >= 0.6 is 11.8 Å². The average molecular weight is 189 g/mol. The first kappa shape index (κ1) is 10.4. The van der Waals surface area contributed by atoms with Crippen LogP contribution in [0.1, 0.15) is 26.7 Å². The smallest absolute Gasteiger partial charge is 0.158 e. The fraction of sp³-hybridized carbons (Fsp3) is 1.00. The molecule has 12 heavy (non-hydrogen) atoms. The van der Waals surface area contributed by atoms with Crippen molar-refractivity contribution < 1.29 is 4.74 Å². The second-order valence-electron chi connectivity index (χ2n) is 3.45. The highest BCUT2D eigenvalue weighted by Crippen LogP contribution is 2.20. The van der Waals surface area contributed by atoms with E-state index in [1.807, 2.05) is 0 Å². The Morgan fingerprint density at radius 1 is 1.42 bits per heavy atom. The average Bonchev–Trinajstić information content (AvgIpc) is 2.27. The molecule has 0 aromatic heterocycles. The highest BCUT2D eigenvalue weighted by molar-refractivity contribution is 7.99. The zero-order valence-electron chi connectivity index (χ0n) is 8.25. The third-order valence-electron chi connectivity index (χ3n) is 2.21. The van der Waals surface area contributed by atoms with Gasteiger partial charge in [0.1, 0.15) is 0 Å². The summed E-state index contributed by atoms with van der Waals surface area (Å²) in [6.45, 7) is 6.58. The fourth-order valence-electron chi connectivity index (χ4n) is 1.49. The number of hydrogen-bond donors (Lipinski definition) is 0. The molecule has 0 amide bonds. The molecule has 0 N–H and O–H groups in total. The molecule has 0 saturated carbocycles. The second kappa shape index (κ2) is 5.10. The third-order valence-corrected chi connectivity index (χ3v) is 3.02. The second-order valence-corrected chi connectivity index (χ2v) is 4.33. The minimum atomic E-state index is 0.285. The van der Waals surface area contributed by atoms with E-state index in [4.69, 9.17) is 4.74 Å². The molecule has 0 aliphatic carbocycles. The van der Waals surface area contributed by atoms with Gasteiger partial charge in [0.2, 0.25) is 0 Å². The van der Waals surface area contributed by atoms with Gasteiger partial charge >= 0.3 is 0 Å². The molecule has 0 radical (unpaired) electrons. The normalized spacial score (nSPS) is 27.5. The summed E-state index contributed by atoms with van der Waals surface area (Å²) in [6, 6.07) is 0.598. The van der Waals surface area contributed by atoms with E-state index in [0.29, 0.717) is 6.04 Å². The summed E-state index contributed by atoms with van der Waals surface area (Å²) in [5.41, 5.74) is 0.285. The van der Waals surface area contributed by atoms with Crippen LogP contribution < -0.4 is 0 Å². The minimum Gasteiger partial charge on any atom is -0.354 e. The molecule has 2 nitrogen and oxygen atoms in total. The molecule has 0 spiro atoms. The Bertz CT molecular complexity index is 130. The van der Waals surface area contributed by atoms with E-state index in [0.717, 1.165) is 6.61 Å². The van der Waals surface area contributed by atoms with E-state index in [2.05, 4.69) is 25.0 Å². The topological polar surface area (TPSA) is 12.5 Å². The van der Waals surface area contributed by atoms with Crippen LogP contribution in [0.15, 0.2) is 0 Å². The van der Waals surface area contributed by atoms with Gasteiger partial charge in [0.15, 0.2) is 5.56 Å². The lowest BCUT2D eigenvalue weighted by molar-refractivity contribution is 0.00539. The van der Waals surface area contributed by atoms with Gasteiger partial charge in [-0.05, 0) is 32.9 Å². The molecule has 1 aliphatic heterocycles.